The maximum atomic E-state index is 10.8. The molecule has 0 bridgehead atoms. The molecule has 1 N–H and O–H groups in total. The van der Waals surface area contributed by atoms with Crippen molar-refractivity contribution in [1.82, 2.24) is 10.2 Å². The van der Waals surface area contributed by atoms with Gasteiger partial charge in [0.25, 0.3) is 5.56 Å². The summed E-state index contributed by atoms with van der Waals surface area (Å²) in [6.45, 7) is 0. The van der Waals surface area contributed by atoms with Crippen molar-refractivity contribution in [2.24, 2.45) is 0 Å². The molecule has 0 fully saturated rings. The Kier molecular flexibility index (Phi) is 3.03. The van der Waals surface area contributed by atoms with E-state index in [1.807, 2.05) is 0 Å². The molecule has 0 amide bonds. The lowest BCUT2D eigenvalue weighted by Gasteiger charge is -2.11. The van der Waals surface area contributed by atoms with E-state index in [4.69, 9.17) is 0 Å². The van der Waals surface area contributed by atoms with Crippen molar-refractivity contribution < 1.29 is 17.0 Å². The first-order chi connectivity index (χ1) is 5.36. The topological polar surface area (TPSA) is 45.8 Å². The molecule has 3 nitrogen and oxygen atoms in total. The van der Waals surface area contributed by atoms with E-state index in [1.165, 1.54) is 12.8 Å². The van der Waals surface area contributed by atoms with E-state index in [2.05, 4.69) is 10.2 Å². The molecular formula is C8H10BrN2O-. The Hall–Kier alpha value is -0.640. The van der Waals surface area contributed by atoms with E-state index in [1.54, 1.807) is 6.07 Å². The molecule has 1 heterocycles. The molecule has 4 heteroatoms. The maximum Gasteiger partial charge on any atom is 0.264 e. The van der Waals surface area contributed by atoms with Crippen LogP contribution in [0.3, 0.4) is 0 Å². The van der Waals surface area contributed by atoms with Crippen LogP contribution < -0.4 is 22.5 Å². The van der Waals surface area contributed by atoms with Gasteiger partial charge in [0.15, 0.2) is 0 Å². The highest BCUT2D eigenvalue weighted by molar-refractivity contribution is 5.19. The molecule has 1 aliphatic rings. The van der Waals surface area contributed by atoms with E-state index in [0.717, 1.165) is 24.1 Å². The van der Waals surface area contributed by atoms with Gasteiger partial charge in [0.1, 0.15) is 0 Å². The number of H-pyrrole nitrogens is 1. The number of aromatic nitrogens is 2. The molecule has 0 unspecified atom stereocenters. The summed E-state index contributed by atoms with van der Waals surface area (Å²) in [6, 6.07) is 1.67. The Morgan fingerprint density at radius 2 is 2.08 bits per heavy atom. The molecule has 1 aromatic rings. The monoisotopic (exact) mass is 229 g/mol. The highest BCUT2D eigenvalue weighted by Crippen LogP contribution is 2.15. The molecule has 12 heavy (non-hydrogen) atoms. The van der Waals surface area contributed by atoms with Gasteiger partial charge in [0.2, 0.25) is 0 Å². The second-order valence-electron chi connectivity index (χ2n) is 2.91. The molecule has 0 aromatic carbocycles. The first-order valence-electron chi connectivity index (χ1n) is 3.94. The van der Waals surface area contributed by atoms with E-state index in [9.17, 15) is 4.79 Å². The number of hydrogen-bond donors (Lipinski definition) is 1. The van der Waals surface area contributed by atoms with Crippen LogP contribution in [-0.4, -0.2) is 10.2 Å². The van der Waals surface area contributed by atoms with Crippen LogP contribution in [0.4, 0.5) is 0 Å². The molecule has 0 saturated carbocycles. The van der Waals surface area contributed by atoms with Crippen LogP contribution in [0.15, 0.2) is 10.9 Å². The van der Waals surface area contributed by atoms with Gasteiger partial charge in [-0.1, -0.05) is 0 Å². The number of nitrogens with zero attached hydrogens (tertiary/aromatic N) is 1. The molecule has 0 saturated heterocycles. The van der Waals surface area contributed by atoms with E-state index in [-0.39, 0.29) is 22.5 Å². The van der Waals surface area contributed by atoms with Crippen molar-refractivity contribution in [2.45, 2.75) is 25.7 Å². The molecule has 0 aliphatic heterocycles. The lowest BCUT2D eigenvalue weighted by Crippen LogP contribution is -3.00. The first-order valence-corrected chi connectivity index (χ1v) is 3.94. The second-order valence-corrected chi connectivity index (χ2v) is 2.91. The molecular weight excluding hydrogens is 220 g/mol. The Bertz CT molecular complexity index is 321. The van der Waals surface area contributed by atoms with Gasteiger partial charge in [-0.25, -0.2) is 5.10 Å². The third-order valence-corrected chi connectivity index (χ3v) is 2.09. The lowest BCUT2D eigenvalue weighted by atomic mass is 9.97. The van der Waals surface area contributed by atoms with Crippen molar-refractivity contribution in [2.75, 3.05) is 0 Å². The van der Waals surface area contributed by atoms with Crippen LogP contribution in [0.1, 0.15) is 24.1 Å². The van der Waals surface area contributed by atoms with Gasteiger partial charge < -0.3 is 17.0 Å². The normalized spacial score (nSPS) is 14.7. The summed E-state index contributed by atoms with van der Waals surface area (Å²) in [5.41, 5.74) is 2.14. The quantitative estimate of drug-likeness (QED) is 0.542. The van der Waals surface area contributed by atoms with Gasteiger partial charge >= 0.3 is 0 Å². The maximum absolute atomic E-state index is 10.8. The molecule has 0 spiro atoms. The summed E-state index contributed by atoms with van der Waals surface area (Å²) in [7, 11) is 0. The van der Waals surface area contributed by atoms with Crippen LogP contribution in [0, 0.1) is 0 Å². The van der Waals surface area contributed by atoms with Gasteiger partial charge in [0.05, 0.1) is 5.69 Å². The van der Waals surface area contributed by atoms with Crippen molar-refractivity contribution in [1.29, 1.82) is 0 Å². The highest BCUT2D eigenvalue weighted by atomic mass is 79.9. The fourth-order valence-corrected chi connectivity index (χ4v) is 1.51. The fraction of sp³-hybridized carbons (Fsp3) is 0.500. The van der Waals surface area contributed by atoms with E-state index >= 15 is 0 Å². The minimum atomic E-state index is -0.0781. The summed E-state index contributed by atoms with van der Waals surface area (Å²) in [6.07, 6.45) is 4.43. The number of aromatic amines is 1. The summed E-state index contributed by atoms with van der Waals surface area (Å²) < 4.78 is 0. The van der Waals surface area contributed by atoms with Gasteiger partial charge in [-0.3, -0.25) is 4.79 Å². The number of halogens is 1. The predicted octanol–water partition coefficient (Wildman–Crippen LogP) is -2.35. The number of nitrogens with one attached hydrogen (secondary N) is 1. The van der Waals surface area contributed by atoms with Crippen LogP contribution in [0.5, 0.6) is 0 Å². The minimum absolute atomic E-state index is 0. The molecule has 1 aliphatic carbocycles. The van der Waals surface area contributed by atoms with Gasteiger partial charge in [-0.2, -0.15) is 5.10 Å². The Morgan fingerprint density at radius 3 is 2.92 bits per heavy atom. The number of hydrogen-bond acceptors (Lipinski definition) is 2. The molecule has 0 radical (unpaired) electrons. The molecule has 1 aromatic heterocycles. The highest BCUT2D eigenvalue weighted by Gasteiger charge is 2.09. The molecule has 2 rings (SSSR count). The molecule has 66 valence electrons. The summed E-state index contributed by atoms with van der Waals surface area (Å²) in [5.74, 6) is 0. The van der Waals surface area contributed by atoms with Crippen LogP contribution in [0.25, 0.3) is 0 Å². The van der Waals surface area contributed by atoms with Crippen molar-refractivity contribution in [3.8, 4) is 0 Å². The second kappa shape index (κ2) is 3.85. The predicted molar refractivity (Wildman–Crippen MR) is 41.5 cm³/mol. The zero-order valence-corrected chi connectivity index (χ0v) is 8.23. The van der Waals surface area contributed by atoms with Gasteiger partial charge in [-0.05, 0) is 31.2 Å². The third kappa shape index (κ3) is 1.75. The van der Waals surface area contributed by atoms with Crippen molar-refractivity contribution >= 4 is 0 Å². The standard InChI is InChI=1S/C8H10N2O.BrH/c11-8-5-6-3-1-2-4-7(6)9-10-8;/h5H,1-4H2,(H,10,11);1H/p-1. The smallest absolute Gasteiger partial charge is 0.264 e. The number of rotatable bonds is 0. The molecule has 0 atom stereocenters. The summed E-state index contributed by atoms with van der Waals surface area (Å²) in [5, 5.41) is 6.44. The Labute approximate surface area is 81.0 Å². The largest absolute Gasteiger partial charge is 1.00 e. The number of aryl methyl sites for hydroxylation is 2. The first kappa shape index (κ1) is 9.45. The Morgan fingerprint density at radius 1 is 1.33 bits per heavy atom. The summed E-state index contributed by atoms with van der Waals surface area (Å²) in [4.78, 5) is 10.8. The third-order valence-electron chi connectivity index (χ3n) is 2.09. The van der Waals surface area contributed by atoms with Crippen molar-refractivity contribution in [3.63, 3.8) is 0 Å². The zero-order valence-electron chi connectivity index (χ0n) is 6.64. The van der Waals surface area contributed by atoms with E-state index < -0.39 is 0 Å². The van der Waals surface area contributed by atoms with Gasteiger partial charge in [0, 0.05) is 6.07 Å². The number of fused-ring (bicyclic) bond motifs is 1. The minimum Gasteiger partial charge on any atom is -1.00 e. The SMILES string of the molecule is O=c1cc2c(n[nH]1)CCCC2.[Br-]. The van der Waals surface area contributed by atoms with Crippen molar-refractivity contribution in [3.05, 3.63) is 27.7 Å². The van der Waals surface area contributed by atoms with Crippen LogP contribution in [0.2, 0.25) is 0 Å². The fourth-order valence-electron chi connectivity index (χ4n) is 1.51. The Balaban J connectivity index is 0.000000720. The lowest BCUT2D eigenvalue weighted by molar-refractivity contribution is -0.00000244. The average Bonchev–Trinajstić information content (AvgIpc) is 2.04. The van der Waals surface area contributed by atoms with E-state index in [0.29, 0.717) is 0 Å². The van der Waals surface area contributed by atoms with Gasteiger partial charge in [-0.15, -0.1) is 0 Å². The van der Waals surface area contributed by atoms with Crippen LogP contribution >= 0.6 is 0 Å². The summed E-state index contributed by atoms with van der Waals surface area (Å²) >= 11 is 0. The zero-order chi connectivity index (χ0) is 7.68. The average molecular weight is 230 g/mol. The van der Waals surface area contributed by atoms with Crippen LogP contribution in [-0.2, 0) is 12.8 Å².